The van der Waals surface area contributed by atoms with Crippen LogP contribution < -0.4 is 0 Å². The van der Waals surface area contributed by atoms with Crippen LogP contribution in [0.1, 0.15) is 38.5 Å². The molecular formula is C14H26O4. The Bertz CT molecular complexity index is 263. The maximum Gasteiger partial charge on any atom is 0.157 e. The summed E-state index contributed by atoms with van der Waals surface area (Å²) >= 11 is 0. The molecule has 0 aliphatic heterocycles. The molecule has 0 radical (unpaired) electrons. The van der Waals surface area contributed by atoms with Crippen molar-refractivity contribution in [3.8, 4) is 0 Å². The monoisotopic (exact) mass is 258 g/mol. The minimum absolute atomic E-state index is 0.133. The first kappa shape index (κ1) is 15.6. The Morgan fingerprint density at radius 1 is 1.44 bits per heavy atom. The second kappa shape index (κ2) is 7.24. The maximum atomic E-state index is 10.8. The van der Waals surface area contributed by atoms with Gasteiger partial charge in [0, 0.05) is 27.2 Å². The van der Waals surface area contributed by atoms with Gasteiger partial charge in [0.1, 0.15) is 0 Å². The summed E-state index contributed by atoms with van der Waals surface area (Å²) in [6.07, 6.45) is 4.46. The summed E-state index contributed by atoms with van der Waals surface area (Å²) < 4.78 is 10.4. The van der Waals surface area contributed by atoms with Gasteiger partial charge in [-0.25, -0.2) is 0 Å². The Balaban J connectivity index is 2.63. The molecule has 0 aromatic heterocycles. The summed E-state index contributed by atoms with van der Waals surface area (Å²) in [6.45, 7) is 4.15. The number of rotatable bonds is 8. The van der Waals surface area contributed by atoms with Crippen LogP contribution in [-0.4, -0.2) is 42.9 Å². The topological polar surface area (TPSA) is 58.9 Å². The molecule has 0 aromatic carbocycles. The number of hydrogen-bond donors (Lipinski definition) is 2. The predicted octanol–water partition coefficient (Wildman–Crippen LogP) is 1.86. The van der Waals surface area contributed by atoms with E-state index in [4.69, 9.17) is 14.6 Å². The van der Waals surface area contributed by atoms with Gasteiger partial charge in [0.2, 0.25) is 0 Å². The number of aliphatic hydroxyl groups is 2. The maximum absolute atomic E-state index is 10.8. The summed E-state index contributed by atoms with van der Waals surface area (Å²) in [5, 5.41) is 19.7. The molecule has 0 spiro atoms. The van der Waals surface area contributed by atoms with Gasteiger partial charge in [-0.1, -0.05) is 6.58 Å². The molecule has 1 aliphatic rings. The molecule has 4 heteroatoms. The van der Waals surface area contributed by atoms with Crippen LogP contribution in [0.2, 0.25) is 0 Å². The van der Waals surface area contributed by atoms with E-state index < -0.39 is 5.60 Å². The lowest BCUT2D eigenvalue weighted by atomic mass is 9.80. The molecule has 1 fully saturated rings. The van der Waals surface area contributed by atoms with Crippen molar-refractivity contribution in [3.63, 3.8) is 0 Å². The second-order valence-electron chi connectivity index (χ2n) is 5.08. The highest BCUT2D eigenvalue weighted by molar-refractivity contribution is 5.17. The number of hydrogen-bond acceptors (Lipinski definition) is 4. The minimum Gasteiger partial charge on any atom is -0.396 e. The Morgan fingerprint density at radius 3 is 2.67 bits per heavy atom. The highest BCUT2D eigenvalue weighted by Crippen LogP contribution is 2.44. The zero-order valence-corrected chi connectivity index (χ0v) is 11.5. The Morgan fingerprint density at radius 2 is 2.11 bits per heavy atom. The van der Waals surface area contributed by atoms with E-state index in [1.165, 1.54) is 0 Å². The molecule has 4 nitrogen and oxygen atoms in total. The van der Waals surface area contributed by atoms with Crippen LogP contribution in [0, 0.1) is 5.92 Å². The molecule has 1 saturated carbocycles. The van der Waals surface area contributed by atoms with Gasteiger partial charge in [-0.2, -0.15) is 0 Å². The van der Waals surface area contributed by atoms with E-state index in [2.05, 4.69) is 6.58 Å². The van der Waals surface area contributed by atoms with E-state index >= 15 is 0 Å². The molecule has 0 bridgehead atoms. The molecule has 0 aromatic rings. The van der Waals surface area contributed by atoms with Crippen molar-refractivity contribution in [1.82, 2.24) is 0 Å². The average molecular weight is 258 g/mol. The van der Waals surface area contributed by atoms with Gasteiger partial charge in [0.25, 0.3) is 0 Å². The lowest BCUT2D eigenvalue weighted by molar-refractivity contribution is -0.126. The van der Waals surface area contributed by atoms with Crippen molar-refractivity contribution in [3.05, 3.63) is 12.2 Å². The molecule has 0 saturated heterocycles. The van der Waals surface area contributed by atoms with Gasteiger partial charge in [0.05, 0.1) is 5.60 Å². The van der Waals surface area contributed by atoms with E-state index in [1.54, 1.807) is 14.2 Å². The van der Waals surface area contributed by atoms with Crippen LogP contribution in [0.25, 0.3) is 0 Å². The zero-order chi connectivity index (χ0) is 13.6. The molecule has 2 N–H and O–H groups in total. The van der Waals surface area contributed by atoms with Crippen molar-refractivity contribution in [1.29, 1.82) is 0 Å². The lowest BCUT2D eigenvalue weighted by Crippen LogP contribution is -2.37. The summed E-state index contributed by atoms with van der Waals surface area (Å²) in [7, 11) is 3.23. The largest absolute Gasteiger partial charge is 0.396 e. The van der Waals surface area contributed by atoms with E-state index in [9.17, 15) is 5.11 Å². The third-order valence-electron chi connectivity index (χ3n) is 4.04. The lowest BCUT2D eigenvalue weighted by Gasteiger charge is -2.34. The number of aliphatic hydroxyl groups excluding tert-OH is 1. The fourth-order valence-electron chi connectivity index (χ4n) is 2.87. The Hall–Kier alpha value is -0.420. The van der Waals surface area contributed by atoms with Crippen LogP contribution >= 0.6 is 0 Å². The van der Waals surface area contributed by atoms with E-state index in [0.29, 0.717) is 19.3 Å². The standard InChI is InChI=1S/C14H26O4/c1-11(6-5-9-15)14(16)8-4-7-12(14)10-13(17-2)18-3/h12-13,15-16H,1,4-10H2,2-3H3/t12-,14+/m1/s1. The smallest absolute Gasteiger partial charge is 0.157 e. The second-order valence-corrected chi connectivity index (χ2v) is 5.08. The van der Waals surface area contributed by atoms with Crippen molar-refractivity contribution in [2.45, 2.75) is 50.4 Å². The fourth-order valence-corrected chi connectivity index (χ4v) is 2.87. The first-order valence-electron chi connectivity index (χ1n) is 6.65. The van der Waals surface area contributed by atoms with Gasteiger partial charge in [-0.15, -0.1) is 0 Å². The molecule has 106 valence electrons. The van der Waals surface area contributed by atoms with Crippen LogP contribution in [0.5, 0.6) is 0 Å². The van der Waals surface area contributed by atoms with E-state index in [-0.39, 0.29) is 18.8 Å². The fraction of sp³-hybridized carbons (Fsp3) is 0.857. The molecular weight excluding hydrogens is 232 g/mol. The SMILES string of the molecule is C=C(CCCO)[C@@]1(O)CCC[C@@H]1CC(OC)OC. The first-order valence-corrected chi connectivity index (χ1v) is 6.65. The van der Waals surface area contributed by atoms with E-state index in [1.807, 2.05) is 0 Å². The van der Waals surface area contributed by atoms with Crippen molar-refractivity contribution in [2.75, 3.05) is 20.8 Å². The predicted molar refractivity (Wildman–Crippen MR) is 70.2 cm³/mol. The van der Waals surface area contributed by atoms with Crippen molar-refractivity contribution >= 4 is 0 Å². The minimum atomic E-state index is -0.815. The van der Waals surface area contributed by atoms with Gasteiger partial charge < -0.3 is 19.7 Å². The van der Waals surface area contributed by atoms with Gasteiger partial charge >= 0.3 is 0 Å². The average Bonchev–Trinajstić information content (AvgIpc) is 2.75. The molecule has 0 unspecified atom stereocenters. The highest BCUT2D eigenvalue weighted by Gasteiger charge is 2.43. The van der Waals surface area contributed by atoms with Crippen molar-refractivity contribution in [2.24, 2.45) is 5.92 Å². The zero-order valence-electron chi connectivity index (χ0n) is 11.5. The van der Waals surface area contributed by atoms with Gasteiger partial charge in [0.15, 0.2) is 6.29 Å². The summed E-state index contributed by atoms with van der Waals surface area (Å²) in [4.78, 5) is 0. The van der Waals surface area contributed by atoms with E-state index in [0.717, 1.165) is 24.8 Å². The summed E-state index contributed by atoms with van der Waals surface area (Å²) in [5.41, 5.74) is 0.0230. The quantitative estimate of drug-likeness (QED) is 0.515. The molecule has 18 heavy (non-hydrogen) atoms. The molecule has 0 amide bonds. The Kier molecular flexibility index (Phi) is 6.29. The molecule has 1 aliphatic carbocycles. The third kappa shape index (κ3) is 3.54. The normalized spacial score (nSPS) is 27.9. The Labute approximate surface area is 110 Å². The van der Waals surface area contributed by atoms with Gasteiger partial charge in [-0.3, -0.25) is 0 Å². The number of methoxy groups -OCH3 is 2. The van der Waals surface area contributed by atoms with Crippen LogP contribution in [0.3, 0.4) is 0 Å². The summed E-state index contributed by atoms with van der Waals surface area (Å²) in [5.74, 6) is 0.133. The van der Waals surface area contributed by atoms with Gasteiger partial charge in [-0.05, 0) is 43.6 Å². The molecule has 1 rings (SSSR count). The van der Waals surface area contributed by atoms with Crippen LogP contribution in [-0.2, 0) is 9.47 Å². The molecule has 0 heterocycles. The van der Waals surface area contributed by atoms with Crippen molar-refractivity contribution < 1.29 is 19.7 Å². The third-order valence-corrected chi connectivity index (χ3v) is 4.04. The van der Waals surface area contributed by atoms with Crippen LogP contribution in [0.4, 0.5) is 0 Å². The first-order chi connectivity index (χ1) is 8.58. The summed E-state index contributed by atoms with van der Waals surface area (Å²) in [6, 6.07) is 0. The molecule has 2 atom stereocenters. The van der Waals surface area contributed by atoms with Crippen LogP contribution in [0.15, 0.2) is 12.2 Å². The highest BCUT2D eigenvalue weighted by atomic mass is 16.7. The number of ether oxygens (including phenoxy) is 2.